The van der Waals surface area contributed by atoms with Gasteiger partial charge in [0.25, 0.3) is 0 Å². The fourth-order valence-electron chi connectivity index (χ4n) is 3.47. The fraction of sp³-hybridized carbons (Fsp3) is 0.500. The molecule has 4 heteroatoms. The minimum Gasteiger partial charge on any atom is -0.399 e. The second-order valence-corrected chi connectivity index (χ2v) is 5.88. The maximum Gasteiger partial charge on any atom is 0.182 e. The van der Waals surface area contributed by atoms with E-state index in [0.717, 1.165) is 12.2 Å². The lowest BCUT2D eigenvalue weighted by atomic mass is 9.80. The van der Waals surface area contributed by atoms with Gasteiger partial charge in [-0.15, -0.1) is 0 Å². The van der Waals surface area contributed by atoms with E-state index in [0.29, 0.717) is 12.0 Å². The van der Waals surface area contributed by atoms with Crippen molar-refractivity contribution in [3.8, 4) is 0 Å². The number of hydrogen-bond donors (Lipinski definition) is 2. The van der Waals surface area contributed by atoms with E-state index in [2.05, 4.69) is 30.2 Å². The molecule has 3 N–H and O–H groups in total. The molecule has 2 radical (unpaired) electrons. The Morgan fingerprint density at radius 3 is 2.75 bits per heavy atom. The number of nitrogens with one attached hydrogen (secondary N) is 1. The van der Waals surface area contributed by atoms with Gasteiger partial charge in [-0.1, -0.05) is 6.92 Å². The summed E-state index contributed by atoms with van der Waals surface area (Å²) < 4.78 is 0. The van der Waals surface area contributed by atoms with Gasteiger partial charge in [0.1, 0.15) is 0 Å². The van der Waals surface area contributed by atoms with Gasteiger partial charge in [0.15, 0.2) is 7.98 Å². The molecular weight excluding hydrogens is 245 g/mol. The lowest BCUT2D eigenvalue weighted by Crippen LogP contribution is -2.35. The van der Waals surface area contributed by atoms with Crippen LogP contribution in [0.15, 0.2) is 24.4 Å². The molecule has 0 spiro atoms. The zero-order chi connectivity index (χ0) is 14.1. The van der Waals surface area contributed by atoms with Gasteiger partial charge in [0.05, 0.1) is 0 Å². The molecule has 2 aromatic rings. The van der Waals surface area contributed by atoms with Crippen LogP contribution in [0.4, 0.5) is 5.69 Å². The molecule has 1 aromatic carbocycles. The molecule has 0 unspecified atom stereocenters. The van der Waals surface area contributed by atoms with Gasteiger partial charge >= 0.3 is 0 Å². The minimum atomic E-state index is 0.548. The third kappa shape index (κ3) is 2.45. The molecule has 1 aromatic heterocycles. The van der Waals surface area contributed by atoms with Crippen LogP contribution in [0.3, 0.4) is 0 Å². The number of hydrogen-bond acceptors (Lipinski definition) is 2. The Morgan fingerprint density at radius 2 is 2.05 bits per heavy atom. The normalized spacial score (nSPS) is 23.5. The Morgan fingerprint density at radius 1 is 1.30 bits per heavy atom. The first-order valence-corrected chi connectivity index (χ1v) is 7.57. The second-order valence-electron chi connectivity index (χ2n) is 5.88. The highest BCUT2D eigenvalue weighted by molar-refractivity contribution is 6.04. The van der Waals surface area contributed by atoms with Crippen LogP contribution in [0.2, 0.25) is 0 Å². The van der Waals surface area contributed by atoms with Gasteiger partial charge in [0, 0.05) is 22.8 Å². The Kier molecular flexibility index (Phi) is 3.75. The van der Waals surface area contributed by atoms with Crippen molar-refractivity contribution in [1.82, 2.24) is 9.79 Å². The number of nitrogen functional groups attached to an aromatic ring is 1. The number of rotatable bonds is 3. The lowest BCUT2D eigenvalue weighted by Gasteiger charge is -2.34. The molecule has 1 saturated carbocycles. The molecule has 0 bridgehead atoms. The zero-order valence-electron chi connectivity index (χ0n) is 12.1. The molecule has 0 amide bonds. The molecule has 0 atom stereocenters. The topological polar surface area (TPSA) is 45.0 Å². The van der Waals surface area contributed by atoms with Crippen molar-refractivity contribution in [2.24, 2.45) is 0 Å². The van der Waals surface area contributed by atoms with Gasteiger partial charge in [-0.25, -0.2) is 0 Å². The summed E-state index contributed by atoms with van der Waals surface area (Å²) in [6.45, 7) is 3.05. The van der Waals surface area contributed by atoms with E-state index < -0.39 is 0 Å². The standard InChI is InChI=1S/C16H22BN3/c1-2-20(17)13-6-3-11(4-7-13)15-10-19-16-8-5-12(18)9-14(15)16/h5,8-11,13,19H,2-4,6-7,18H2,1H3. The number of H-pyrrole nitrogens is 1. The van der Waals surface area contributed by atoms with Crippen LogP contribution in [0.25, 0.3) is 10.9 Å². The van der Waals surface area contributed by atoms with E-state index in [1.165, 1.54) is 42.1 Å². The monoisotopic (exact) mass is 267 g/mol. The number of nitrogens with two attached hydrogens (primary N) is 1. The molecule has 3 rings (SSSR count). The van der Waals surface area contributed by atoms with E-state index in [4.69, 9.17) is 13.7 Å². The first kappa shape index (κ1) is 13.6. The van der Waals surface area contributed by atoms with Crippen molar-refractivity contribution in [2.45, 2.75) is 44.6 Å². The predicted octanol–water partition coefficient (Wildman–Crippen LogP) is 3.18. The summed E-state index contributed by atoms with van der Waals surface area (Å²) in [5, 5.41) is 1.29. The first-order valence-electron chi connectivity index (χ1n) is 7.57. The van der Waals surface area contributed by atoms with Crippen LogP contribution in [0.5, 0.6) is 0 Å². The number of benzene rings is 1. The lowest BCUT2D eigenvalue weighted by molar-refractivity contribution is 0.255. The minimum absolute atomic E-state index is 0.548. The fourth-order valence-corrected chi connectivity index (χ4v) is 3.47. The number of fused-ring (bicyclic) bond motifs is 1. The Bertz CT molecular complexity index is 584. The van der Waals surface area contributed by atoms with Crippen LogP contribution in [-0.2, 0) is 0 Å². The highest BCUT2D eigenvalue weighted by atomic mass is 15.1. The quantitative estimate of drug-likeness (QED) is 0.662. The van der Waals surface area contributed by atoms with Crippen LogP contribution >= 0.6 is 0 Å². The van der Waals surface area contributed by atoms with Crippen LogP contribution < -0.4 is 5.73 Å². The zero-order valence-corrected chi connectivity index (χ0v) is 12.1. The van der Waals surface area contributed by atoms with Gasteiger partial charge in [-0.2, -0.15) is 0 Å². The SMILES string of the molecule is [B]N(CC)C1CCC(c2c[nH]c3ccc(N)cc23)CC1. The van der Waals surface area contributed by atoms with Gasteiger partial charge in [-0.05, 0) is 68.0 Å². The summed E-state index contributed by atoms with van der Waals surface area (Å²) in [6.07, 6.45) is 6.95. The summed E-state index contributed by atoms with van der Waals surface area (Å²) in [5.74, 6) is 0.632. The van der Waals surface area contributed by atoms with E-state index in [1.54, 1.807) is 0 Å². The molecule has 104 valence electrons. The number of aromatic nitrogens is 1. The van der Waals surface area contributed by atoms with Crippen molar-refractivity contribution in [3.05, 3.63) is 30.0 Å². The highest BCUT2D eigenvalue weighted by Crippen LogP contribution is 2.38. The van der Waals surface area contributed by atoms with Crippen LogP contribution in [0, 0.1) is 0 Å². The summed E-state index contributed by atoms with van der Waals surface area (Å²) in [7, 11) is 6.03. The van der Waals surface area contributed by atoms with E-state index in [-0.39, 0.29) is 0 Å². The molecule has 1 aliphatic carbocycles. The van der Waals surface area contributed by atoms with Crippen molar-refractivity contribution in [3.63, 3.8) is 0 Å². The maximum absolute atomic E-state index is 6.03. The van der Waals surface area contributed by atoms with Crippen molar-refractivity contribution in [2.75, 3.05) is 12.3 Å². The van der Waals surface area contributed by atoms with E-state index in [9.17, 15) is 0 Å². The third-order valence-corrected chi connectivity index (χ3v) is 4.71. The molecule has 0 saturated heterocycles. The maximum atomic E-state index is 6.03. The number of anilines is 1. The first-order chi connectivity index (χ1) is 9.69. The van der Waals surface area contributed by atoms with Crippen LogP contribution in [-0.4, -0.2) is 30.4 Å². The van der Waals surface area contributed by atoms with E-state index in [1.807, 2.05) is 10.9 Å². The summed E-state index contributed by atoms with van der Waals surface area (Å²) in [5.41, 5.74) is 9.37. The third-order valence-electron chi connectivity index (χ3n) is 4.71. The van der Waals surface area contributed by atoms with Crippen LogP contribution in [0.1, 0.15) is 44.1 Å². The molecule has 3 nitrogen and oxygen atoms in total. The average molecular weight is 267 g/mol. The average Bonchev–Trinajstić information content (AvgIpc) is 2.89. The van der Waals surface area contributed by atoms with Crippen molar-refractivity contribution >= 4 is 24.6 Å². The molecule has 0 aliphatic heterocycles. The van der Waals surface area contributed by atoms with E-state index >= 15 is 0 Å². The second kappa shape index (κ2) is 5.53. The molecular formula is C16H22BN3. The molecule has 1 heterocycles. The Balaban J connectivity index is 1.78. The summed E-state index contributed by atoms with van der Waals surface area (Å²) >= 11 is 0. The molecule has 1 fully saturated rings. The Hall–Kier alpha value is -1.42. The molecule has 20 heavy (non-hydrogen) atoms. The Labute approximate surface area is 122 Å². The summed E-state index contributed by atoms with van der Waals surface area (Å²) in [4.78, 5) is 5.36. The predicted molar refractivity (Wildman–Crippen MR) is 85.8 cm³/mol. The van der Waals surface area contributed by atoms with Gasteiger partial charge in [0.2, 0.25) is 0 Å². The number of nitrogens with zero attached hydrogens (tertiary/aromatic N) is 1. The van der Waals surface area contributed by atoms with Gasteiger partial charge in [-0.3, -0.25) is 0 Å². The van der Waals surface area contributed by atoms with Crippen molar-refractivity contribution < 1.29 is 0 Å². The largest absolute Gasteiger partial charge is 0.399 e. The summed E-state index contributed by atoms with van der Waals surface area (Å²) in [6, 6.07) is 6.66. The smallest absolute Gasteiger partial charge is 0.182 e. The number of aromatic amines is 1. The van der Waals surface area contributed by atoms with Crippen molar-refractivity contribution in [1.29, 1.82) is 0 Å². The van der Waals surface area contributed by atoms with Gasteiger partial charge < -0.3 is 15.5 Å². The molecule has 1 aliphatic rings. The highest BCUT2D eigenvalue weighted by Gasteiger charge is 2.25.